The van der Waals surface area contributed by atoms with Crippen molar-refractivity contribution in [1.29, 1.82) is 0 Å². The van der Waals surface area contributed by atoms with Crippen molar-refractivity contribution in [3.63, 3.8) is 0 Å². The molecule has 7 nitrogen and oxygen atoms in total. The number of aliphatic carboxylic acids is 1. The molecule has 0 heterocycles. The maximum absolute atomic E-state index is 10.2. The van der Waals surface area contributed by atoms with Crippen LogP contribution in [0.25, 0.3) is 0 Å². The van der Waals surface area contributed by atoms with E-state index in [0.29, 0.717) is 6.42 Å². The van der Waals surface area contributed by atoms with Gasteiger partial charge in [-0.15, -0.1) is 0 Å². The van der Waals surface area contributed by atoms with Gasteiger partial charge in [0.25, 0.3) is 5.79 Å². The van der Waals surface area contributed by atoms with Gasteiger partial charge in [0.05, 0.1) is 0 Å². The van der Waals surface area contributed by atoms with Crippen molar-refractivity contribution in [2.75, 3.05) is 0 Å². The molecule has 0 aliphatic rings. The molecule has 0 saturated heterocycles. The van der Waals surface area contributed by atoms with Crippen molar-refractivity contribution in [3.05, 3.63) is 0 Å². The van der Waals surface area contributed by atoms with Crippen LogP contribution in [0.4, 0.5) is 0 Å². The van der Waals surface area contributed by atoms with Gasteiger partial charge < -0.3 is 30.6 Å². The summed E-state index contributed by atoms with van der Waals surface area (Å²) in [5, 5.41) is 53.0. The van der Waals surface area contributed by atoms with Gasteiger partial charge in [-0.1, -0.05) is 13.3 Å². The zero-order valence-electron chi connectivity index (χ0n) is 7.58. The average Bonchev–Trinajstić information content (AvgIpc) is 2.04. The number of aliphatic hydroxyl groups is 5. The molecule has 7 heteroatoms. The highest BCUT2D eigenvalue weighted by Crippen LogP contribution is 2.24. The van der Waals surface area contributed by atoms with Crippen LogP contribution in [0.1, 0.15) is 19.8 Å². The first kappa shape index (κ1) is 13.3. The van der Waals surface area contributed by atoms with Gasteiger partial charge in [0.1, 0.15) is 6.10 Å². The number of rotatable bonds is 5. The predicted molar refractivity (Wildman–Crippen MR) is 42.9 cm³/mol. The van der Waals surface area contributed by atoms with Gasteiger partial charge in [0.15, 0.2) is 0 Å². The van der Waals surface area contributed by atoms with E-state index >= 15 is 0 Å². The number of carboxylic acids is 1. The molecule has 0 amide bonds. The second kappa shape index (κ2) is 4.20. The number of hydrogen-bond acceptors (Lipinski definition) is 6. The molecular weight excluding hydrogens is 196 g/mol. The standard InChI is InChI=1S/C7H14O7/c1-2-3-4(8)6(11,12)7(13,14)5(9)10/h4,8,11-14H,2-3H2,1H3,(H,9,10). The van der Waals surface area contributed by atoms with E-state index in [1.54, 1.807) is 6.92 Å². The van der Waals surface area contributed by atoms with Crippen molar-refractivity contribution in [2.45, 2.75) is 37.4 Å². The van der Waals surface area contributed by atoms with Crippen molar-refractivity contribution >= 4 is 5.97 Å². The van der Waals surface area contributed by atoms with E-state index in [-0.39, 0.29) is 6.42 Å². The molecule has 0 saturated carbocycles. The van der Waals surface area contributed by atoms with E-state index in [1.807, 2.05) is 0 Å². The molecule has 0 aliphatic carbocycles. The molecule has 0 aromatic heterocycles. The number of carbonyl (C=O) groups is 1. The fourth-order valence-electron chi connectivity index (χ4n) is 0.864. The highest BCUT2D eigenvalue weighted by atomic mass is 16.6. The molecule has 0 bridgehead atoms. The van der Waals surface area contributed by atoms with Gasteiger partial charge in [-0.3, -0.25) is 0 Å². The summed E-state index contributed by atoms with van der Waals surface area (Å²) in [5.74, 6) is -9.56. The van der Waals surface area contributed by atoms with E-state index in [1.165, 1.54) is 0 Å². The smallest absolute Gasteiger partial charge is 0.370 e. The Labute approximate surface area is 79.9 Å². The molecule has 0 aliphatic heterocycles. The van der Waals surface area contributed by atoms with Crippen LogP contribution in [0.3, 0.4) is 0 Å². The molecule has 1 atom stereocenters. The zero-order chi connectivity index (χ0) is 11.6. The van der Waals surface area contributed by atoms with E-state index in [0.717, 1.165) is 0 Å². The number of aliphatic hydroxyl groups excluding tert-OH is 1. The Morgan fingerprint density at radius 3 is 2.00 bits per heavy atom. The van der Waals surface area contributed by atoms with E-state index < -0.39 is 23.6 Å². The Hall–Kier alpha value is -0.730. The summed E-state index contributed by atoms with van der Waals surface area (Å²) in [6.07, 6.45) is -1.82. The SMILES string of the molecule is CCCC(O)C(O)(O)C(O)(O)C(=O)O. The molecule has 0 aromatic carbocycles. The predicted octanol–water partition coefficient (Wildman–Crippen LogP) is -2.41. The van der Waals surface area contributed by atoms with Gasteiger partial charge in [0.2, 0.25) is 0 Å². The minimum atomic E-state index is -3.80. The Kier molecular flexibility index (Phi) is 3.98. The highest BCUT2D eigenvalue weighted by molar-refractivity contribution is 5.76. The lowest BCUT2D eigenvalue weighted by Crippen LogP contribution is -2.65. The summed E-state index contributed by atoms with van der Waals surface area (Å²) in [6, 6.07) is 0. The summed E-state index contributed by atoms with van der Waals surface area (Å²) in [5.41, 5.74) is 0. The van der Waals surface area contributed by atoms with Gasteiger partial charge in [0, 0.05) is 0 Å². The fraction of sp³-hybridized carbons (Fsp3) is 0.857. The van der Waals surface area contributed by atoms with Crippen LogP contribution in [0.15, 0.2) is 0 Å². The first-order valence-electron chi connectivity index (χ1n) is 3.98. The van der Waals surface area contributed by atoms with Crippen LogP contribution in [0.2, 0.25) is 0 Å². The molecule has 14 heavy (non-hydrogen) atoms. The lowest BCUT2D eigenvalue weighted by atomic mass is 9.96. The topological polar surface area (TPSA) is 138 Å². The minimum absolute atomic E-state index is 0.177. The zero-order valence-corrected chi connectivity index (χ0v) is 7.58. The largest absolute Gasteiger partial charge is 0.477 e. The lowest BCUT2D eigenvalue weighted by molar-refractivity contribution is -0.371. The molecule has 84 valence electrons. The molecule has 0 aromatic rings. The van der Waals surface area contributed by atoms with Crippen LogP contribution >= 0.6 is 0 Å². The van der Waals surface area contributed by atoms with Crippen molar-refractivity contribution < 1.29 is 35.4 Å². The van der Waals surface area contributed by atoms with Crippen LogP contribution in [0, 0.1) is 0 Å². The first-order valence-corrected chi connectivity index (χ1v) is 3.98. The van der Waals surface area contributed by atoms with Gasteiger partial charge in [-0.25, -0.2) is 4.79 Å². The molecule has 0 spiro atoms. The highest BCUT2D eigenvalue weighted by Gasteiger charge is 2.58. The van der Waals surface area contributed by atoms with Crippen LogP contribution in [0.5, 0.6) is 0 Å². The maximum Gasteiger partial charge on any atom is 0.370 e. The second-order valence-corrected chi connectivity index (χ2v) is 3.01. The van der Waals surface area contributed by atoms with Crippen LogP contribution in [-0.2, 0) is 4.79 Å². The Balaban J connectivity index is 4.83. The summed E-state index contributed by atoms with van der Waals surface area (Å²) < 4.78 is 0. The van der Waals surface area contributed by atoms with Gasteiger partial charge in [-0.2, -0.15) is 0 Å². The normalized spacial score (nSPS) is 15.3. The number of carboxylic acid groups (broad SMARTS) is 1. The van der Waals surface area contributed by atoms with Gasteiger partial charge >= 0.3 is 11.8 Å². The summed E-state index contributed by atoms with van der Waals surface area (Å²) in [7, 11) is 0. The molecule has 6 N–H and O–H groups in total. The average molecular weight is 210 g/mol. The summed E-state index contributed by atoms with van der Waals surface area (Å²) in [4.78, 5) is 10.2. The first-order chi connectivity index (χ1) is 6.17. The molecule has 0 fully saturated rings. The third-order valence-electron chi connectivity index (χ3n) is 1.84. The molecule has 0 radical (unpaired) electrons. The molecule has 1 unspecified atom stereocenters. The van der Waals surface area contributed by atoms with Crippen LogP contribution in [-0.4, -0.2) is 54.3 Å². The Morgan fingerprint density at radius 1 is 1.29 bits per heavy atom. The van der Waals surface area contributed by atoms with E-state index in [4.69, 9.17) is 30.6 Å². The van der Waals surface area contributed by atoms with E-state index in [9.17, 15) is 4.79 Å². The van der Waals surface area contributed by atoms with Crippen molar-refractivity contribution in [3.8, 4) is 0 Å². The van der Waals surface area contributed by atoms with Crippen molar-refractivity contribution in [1.82, 2.24) is 0 Å². The second-order valence-electron chi connectivity index (χ2n) is 3.01. The quantitative estimate of drug-likeness (QED) is 0.278. The van der Waals surface area contributed by atoms with E-state index in [2.05, 4.69) is 0 Å². The third-order valence-corrected chi connectivity index (χ3v) is 1.84. The monoisotopic (exact) mass is 210 g/mol. The van der Waals surface area contributed by atoms with Crippen LogP contribution < -0.4 is 0 Å². The maximum atomic E-state index is 10.2. The molecular formula is C7H14O7. The lowest BCUT2D eigenvalue weighted by Gasteiger charge is -2.34. The summed E-state index contributed by atoms with van der Waals surface area (Å²) in [6.45, 7) is 1.59. The summed E-state index contributed by atoms with van der Waals surface area (Å²) >= 11 is 0. The third kappa shape index (κ3) is 2.20. The number of hydrogen-bond donors (Lipinski definition) is 6. The Bertz CT molecular complexity index is 210. The minimum Gasteiger partial charge on any atom is -0.477 e. The van der Waals surface area contributed by atoms with Gasteiger partial charge in [-0.05, 0) is 6.42 Å². The molecule has 0 rings (SSSR count). The fourth-order valence-corrected chi connectivity index (χ4v) is 0.864. The Morgan fingerprint density at radius 2 is 1.71 bits per heavy atom. The van der Waals surface area contributed by atoms with Crippen molar-refractivity contribution in [2.24, 2.45) is 0 Å².